The van der Waals surface area contributed by atoms with Gasteiger partial charge in [-0.15, -0.1) is 0 Å². The number of carbonyl (C=O) groups excluding carboxylic acids is 1. The number of nitrogens with two attached hydrogens (primary N) is 1. The Bertz CT molecular complexity index is 414. The van der Waals surface area contributed by atoms with Crippen LogP contribution in [0.15, 0.2) is 16.5 Å². The smallest absolute Gasteiger partial charge is 0.300 e. The molecule has 1 fully saturated rings. The summed E-state index contributed by atoms with van der Waals surface area (Å²) in [4.78, 5) is 13.6. The summed E-state index contributed by atoms with van der Waals surface area (Å²) in [6.07, 6.45) is 1.24. The second-order valence-corrected chi connectivity index (χ2v) is 5.27. The summed E-state index contributed by atoms with van der Waals surface area (Å²) in [6, 6.07) is 3.50. The van der Waals surface area contributed by atoms with E-state index in [2.05, 4.69) is 24.2 Å². The number of hydrazine groups is 1. The van der Waals surface area contributed by atoms with Crippen molar-refractivity contribution in [2.45, 2.75) is 26.8 Å². The van der Waals surface area contributed by atoms with Crippen LogP contribution in [0.4, 0.5) is 0 Å². The highest BCUT2D eigenvalue weighted by Gasteiger charge is 2.25. The van der Waals surface area contributed by atoms with Crippen molar-refractivity contribution < 1.29 is 9.21 Å². The molecule has 0 spiro atoms. The van der Waals surface area contributed by atoms with Crippen molar-refractivity contribution in [3.05, 3.63) is 23.7 Å². The zero-order valence-electron chi connectivity index (χ0n) is 11.0. The number of nitrogens with zero attached hydrogens (tertiary/aromatic N) is 1. The van der Waals surface area contributed by atoms with Gasteiger partial charge in [-0.25, -0.2) is 5.84 Å². The van der Waals surface area contributed by atoms with Gasteiger partial charge in [0.2, 0.25) is 0 Å². The number of carbonyl (C=O) groups is 1. The standard InChI is InChI=1S/C13H21N3O2/c1-9(2)10-5-6-16(7-10)8-11-3-4-12(18-11)13(17)15-14/h3-4,9-10H,5-8,14H2,1-2H3,(H,15,17). The second kappa shape index (κ2) is 5.54. The molecule has 0 aliphatic carbocycles. The van der Waals surface area contributed by atoms with Crippen LogP contribution in [0.25, 0.3) is 0 Å². The van der Waals surface area contributed by atoms with Crippen molar-refractivity contribution in [1.29, 1.82) is 0 Å². The highest BCUT2D eigenvalue weighted by atomic mass is 16.4. The summed E-state index contributed by atoms with van der Waals surface area (Å²) < 4.78 is 5.46. The first-order chi connectivity index (χ1) is 8.60. The molecule has 1 aromatic heterocycles. The van der Waals surface area contributed by atoms with E-state index in [0.29, 0.717) is 0 Å². The number of hydrogen-bond donors (Lipinski definition) is 2. The lowest BCUT2D eigenvalue weighted by atomic mass is 9.95. The number of rotatable bonds is 4. The quantitative estimate of drug-likeness (QED) is 0.481. The summed E-state index contributed by atoms with van der Waals surface area (Å²) in [5, 5.41) is 0. The van der Waals surface area contributed by atoms with Gasteiger partial charge in [-0.1, -0.05) is 13.8 Å². The Kier molecular flexibility index (Phi) is 4.04. The van der Waals surface area contributed by atoms with Gasteiger partial charge >= 0.3 is 5.91 Å². The number of amides is 1. The van der Waals surface area contributed by atoms with Gasteiger partial charge in [0.25, 0.3) is 0 Å². The minimum absolute atomic E-state index is 0.270. The van der Waals surface area contributed by atoms with E-state index in [9.17, 15) is 4.79 Å². The fraction of sp³-hybridized carbons (Fsp3) is 0.615. The molecule has 2 heterocycles. The first-order valence-electron chi connectivity index (χ1n) is 6.42. The monoisotopic (exact) mass is 251 g/mol. The Labute approximate surface area is 107 Å². The Morgan fingerprint density at radius 3 is 3.00 bits per heavy atom. The van der Waals surface area contributed by atoms with Crippen LogP contribution in [0.1, 0.15) is 36.6 Å². The lowest BCUT2D eigenvalue weighted by Crippen LogP contribution is -2.29. The highest BCUT2D eigenvalue weighted by Crippen LogP contribution is 2.25. The molecule has 0 aromatic carbocycles. The zero-order chi connectivity index (χ0) is 13.1. The molecule has 1 unspecified atom stereocenters. The summed E-state index contributed by atoms with van der Waals surface area (Å²) in [5.41, 5.74) is 2.06. The van der Waals surface area contributed by atoms with E-state index in [1.807, 2.05) is 6.07 Å². The molecule has 18 heavy (non-hydrogen) atoms. The molecule has 1 aliphatic rings. The van der Waals surface area contributed by atoms with Crippen LogP contribution in [0.2, 0.25) is 0 Å². The van der Waals surface area contributed by atoms with E-state index in [0.717, 1.165) is 37.2 Å². The number of nitrogen functional groups attached to an aromatic ring is 1. The number of likely N-dealkylation sites (tertiary alicyclic amines) is 1. The van der Waals surface area contributed by atoms with Gasteiger partial charge in [0, 0.05) is 6.54 Å². The molecule has 1 aromatic rings. The molecule has 3 N–H and O–H groups in total. The lowest BCUT2D eigenvalue weighted by Gasteiger charge is -2.16. The van der Waals surface area contributed by atoms with Crippen LogP contribution in [-0.2, 0) is 6.54 Å². The van der Waals surface area contributed by atoms with Crippen molar-refractivity contribution in [3.63, 3.8) is 0 Å². The zero-order valence-corrected chi connectivity index (χ0v) is 11.0. The average Bonchev–Trinajstić information content (AvgIpc) is 2.98. The molecule has 5 heteroatoms. The van der Waals surface area contributed by atoms with E-state index >= 15 is 0 Å². The fourth-order valence-electron chi connectivity index (χ4n) is 2.43. The number of nitrogens with one attached hydrogen (secondary N) is 1. The second-order valence-electron chi connectivity index (χ2n) is 5.27. The Hall–Kier alpha value is -1.33. The van der Waals surface area contributed by atoms with Gasteiger partial charge in [-0.2, -0.15) is 0 Å². The van der Waals surface area contributed by atoms with Gasteiger partial charge in [0.15, 0.2) is 5.76 Å². The maximum absolute atomic E-state index is 11.3. The van der Waals surface area contributed by atoms with Crippen LogP contribution in [0.3, 0.4) is 0 Å². The van der Waals surface area contributed by atoms with Crippen LogP contribution in [0.5, 0.6) is 0 Å². The fourth-order valence-corrected chi connectivity index (χ4v) is 2.43. The largest absolute Gasteiger partial charge is 0.455 e. The van der Waals surface area contributed by atoms with E-state index in [4.69, 9.17) is 10.3 Å². The van der Waals surface area contributed by atoms with Crippen molar-refractivity contribution in [2.75, 3.05) is 13.1 Å². The van der Waals surface area contributed by atoms with E-state index < -0.39 is 0 Å². The first-order valence-corrected chi connectivity index (χ1v) is 6.42. The molecule has 1 atom stereocenters. The van der Waals surface area contributed by atoms with Crippen LogP contribution < -0.4 is 11.3 Å². The third-order valence-electron chi connectivity index (χ3n) is 3.65. The SMILES string of the molecule is CC(C)C1CCN(Cc2ccc(C(=O)NN)o2)C1. The molecule has 0 saturated carbocycles. The van der Waals surface area contributed by atoms with Gasteiger partial charge in [-0.3, -0.25) is 15.1 Å². The summed E-state index contributed by atoms with van der Waals surface area (Å²) in [5.74, 6) is 7.26. The molecule has 0 bridgehead atoms. The molecule has 5 nitrogen and oxygen atoms in total. The molecule has 2 rings (SSSR count). The summed E-state index contributed by atoms with van der Waals surface area (Å²) in [6.45, 7) is 7.51. The lowest BCUT2D eigenvalue weighted by molar-refractivity contribution is 0.0922. The highest BCUT2D eigenvalue weighted by molar-refractivity contribution is 5.90. The molecule has 1 aliphatic heterocycles. The number of hydrogen-bond acceptors (Lipinski definition) is 4. The third-order valence-corrected chi connectivity index (χ3v) is 3.65. The molecular weight excluding hydrogens is 230 g/mol. The molecule has 1 saturated heterocycles. The first kappa shape index (κ1) is 13.1. The van der Waals surface area contributed by atoms with Gasteiger partial charge in [-0.05, 0) is 36.9 Å². The van der Waals surface area contributed by atoms with Gasteiger partial charge < -0.3 is 4.42 Å². The normalized spacial score (nSPS) is 20.6. The maximum atomic E-state index is 11.3. The van der Waals surface area contributed by atoms with E-state index in [1.165, 1.54) is 6.42 Å². The average molecular weight is 251 g/mol. The maximum Gasteiger partial charge on any atom is 0.300 e. The number of furan rings is 1. The van der Waals surface area contributed by atoms with Crippen LogP contribution in [-0.4, -0.2) is 23.9 Å². The van der Waals surface area contributed by atoms with E-state index in [-0.39, 0.29) is 11.7 Å². The van der Waals surface area contributed by atoms with E-state index in [1.54, 1.807) is 6.07 Å². The Balaban J connectivity index is 1.91. The van der Waals surface area contributed by atoms with Gasteiger partial charge in [0.1, 0.15) is 5.76 Å². The Morgan fingerprint density at radius 1 is 1.61 bits per heavy atom. The summed E-state index contributed by atoms with van der Waals surface area (Å²) in [7, 11) is 0. The molecule has 100 valence electrons. The predicted molar refractivity (Wildman–Crippen MR) is 68.6 cm³/mol. The predicted octanol–water partition coefficient (Wildman–Crippen LogP) is 1.36. The van der Waals surface area contributed by atoms with Gasteiger partial charge in [0.05, 0.1) is 6.54 Å². The Morgan fingerprint density at radius 2 is 2.39 bits per heavy atom. The van der Waals surface area contributed by atoms with Crippen LogP contribution >= 0.6 is 0 Å². The van der Waals surface area contributed by atoms with Crippen molar-refractivity contribution in [2.24, 2.45) is 17.7 Å². The minimum Gasteiger partial charge on any atom is -0.455 e. The molecular formula is C13H21N3O2. The summed E-state index contributed by atoms with van der Waals surface area (Å²) >= 11 is 0. The topological polar surface area (TPSA) is 71.5 Å². The van der Waals surface area contributed by atoms with Crippen molar-refractivity contribution in [3.8, 4) is 0 Å². The minimum atomic E-state index is -0.386. The molecule has 1 amide bonds. The van der Waals surface area contributed by atoms with Crippen molar-refractivity contribution >= 4 is 5.91 Å². The molecule has 0 radical (unpaired) electrons. The third kappa shape index (κ3) is 2.91. The van der Waals surface area contributed by atoms with Crippen molar-refractivity contribution in [1.82, 2.24) is 10.3 Å². The van der Waals surface area contributed by atoms with Crippen LogP contribution in [0, 0.1) is 11.8 Å².